The molecule has 2 aliphatic rings. The molecular formula is C20H13ClF3N3O3. The molecule has 2 N–H and O–H groups in total. The van der Waals surface area contributed by atoms with Crippen LogP contribution in [0.2, 0.25) is 5.02 Å². The highest BCUT2D eigenvalue weighted by Crippen LogP contribution is 2.42. The van der Waals surface area contributed by atoms with E-state index in [1.165, 1.54) is 23.1 Å². The summed E-state index contributed by atoms with van der Waals surface area (Å²) in [5.41, 5.74) is -1.54. The van der Waals surface area contributed by atoms with Crippen LogP contribution in [-0.2, 0) is 21.3 Å². The first-order valence-corrected chi connectivity index (χ1v) is 9.11. The Morgan fingerprint density at radius 2 is 1.83 bits per heavy atom. The van der Waals surface area contributed by atoms with E-state index in [0.717, 1.165) is 6.07 Å². The number of imide groups is 1. The number of benzene rings is 2. The number of rotatable bonds is 3. The van der Waals surface area contributed by atoms with Crippen LogP contribution in [0.5, 0.6) is 0 Å². The lowest BCUT2D eigenvalue weighted by molar-refractivity contribution is -0.137. The third-order valence-electron chi connectivity index (χ3n) is 4.93. The Labute approximate surface area is 173 Å². The molecule has 1 saturated heterocycles. The van der Waals surface area contributed by atoms with E-state index in [-0.39, 0.29) is 6.54 Å². The predicted octanol–water partition coefficient (Wildman–Crippen LogP) is 3.45. The number of fused-ring (bicyclic) bond motifs is 2. The highest BCUT2D eigenvalue weighted by atomic mass is 35.5. The second kappa shape index (κ2) is 6.88. The van der Waals surface area contributed by atoms with Crippen LogP contribution in [0.1, 0.15) is 16.7 Å². The zero-order valence-corrected chi connectivity index (χ0v) is 15.8. The minimum Gasteiger partial charge on any atom is -0.312 e. The number of carbonyl (C=O) groups excluding carboxylic acids is 3. The monoisotopic (exact) mass is 435 g/mol. The molecular weight excluding hydrogens is 423 g/mol. The number of carbonyl (C=O) groups is 3. The summed E-state index contributed by atoms with van der Waals surface area (Å²) in [5.74, 6) is -1.38. The zero-order valence-electron chi connectivity index (χ0n) is 15.1. The number of nitrogens with one attached hydrogen (secondary N) is 2. The van der Waals surface area contributed by atoms with Crippen molar-refractivity contribution in [1.29, 1.82) is 0 Å². The number of amides is 4. The van der Waals surface area contributed by atoms with Gasteiger partial charge < -0.3 is 10.2 Å². The van der Waals surface area contributed by atoms with Gasteiger partial charge in [0.15, 0.2) is 0 Å². The largest absolute Gasteiger partial charge is 0.417 e. The van der Waals surface area contributed by atoms with Crippen LogP contribution in [0.25, 0.3) is 6.08 Å². The molecule has 1 unspecified atom stereocenters. The maximum absolute atomic E-state index is 13.1. The van der Waals surface area contributed by atoms with E-state index in [4.69, 9.17) is 11.6 Å². The topological polar surface area (TPSA) is 78.5 Å². The highest BCUT2D eigenvalue weighted by molar-refractivity contribution is 6.31. The average molecular weight is 436 g/mol. The van der Waals surface area contributed by atoms with Crippen LogP contribution in [0.4, 0.5) is 23.7 Å². The van der Waals surface area contributed by atoms with Gasteiger partial charge in [-0.25, -0.2) is 4.79 Å². The van der Waals surface area contributed by atoms with E-state index in [0.29, 0.717) is 16.8 Å². The van der Waals surface area contributed by atoms with Gasteiger partial charge in [-0.3, -0.25) is 14.9 Å². The molecule has 30 heavy (non-hydrogen) atoms. The van der Waals surface area contributed by atoms with Gasteiger partial charge in [0.1, 0.15) is 0 Å². The quantitative estimate of drug-likeness (QED) is 0.572. The summed E-state index contributed by atoms with van der Waals surface area (Å²) in [4.78, 5) is 38.5. The lowest BCUT2D eigenvalue weighted by Crippen LogP contribution is -2.52. The fourth-order valence-electron chi connectivity index (χ4n) is 3.59. The maximum Gasteiger partial charge on any atom is 0.417 e. The third kappa shape index (κ3) is 3.02. The van der Waals surface area contributed by atoms with Gasteiger partial charge in [0, 0.05) is 12.1 Å². The van der Waals surface area contributed by atoms with Gasteiger partial charge in [0.25, 0.3) is 11.8 Å². The molecule has 0 bridgehead atoms. The second-order valence-electron chi connectivity index (χ2n) is 6.73. The molecule has 1 atom stereocenters. The van der Waals surface area contributed by atoms with E-state index in [1.807, 2.05) is 0 Å². The Morgan fingerprint density at radius 1 is 1.10 bits per heavy atom. The predicted molar refractivity (Wildman–Crippen MR) is 103 cm³/mol. The molecule has 4 amide bonds. The number of nitrogens with zero attached hydrogens (tertiary/aromatic N) is 1. The number of anilines is 1. The molecule has 6 nitrogen and oxygen atoms in total. The first-order valence-electron chi connectivity index (χ1n) is 8.73. The van der Waals surface area contributed by atoms with Crippen molar-refractivity contribution in [3.63, 3.8) is 0 Å². The van der Waals surface area contributed by atoms with E-state index < -0.39 is 40.1 Å². The van der Waals surface area contributed by atoms with E-state index in [9.17, 15) is 27.6 Å². The maximum atomic E-state index is 13.1. The highest BCUT2D eigenvalue weighted by Gasteiger charge is 2.60. The smallest absolute Gasteiger partial charge is 0.312 e. The Bertz CT molecular complexity index is 1120. The van der Waals surface area contributed by atoms with Crippen LogP contribution >= 0.6 is 11.6 Å². The lowest BCUT2D eigenvalue weighted by Gasteiger charge is -2.20. The van der Waals surface area contributed by atoms with Crippen LogP contribution in [0.3, 0.4) is 0 Å². The van der Waals surface area contributed by atoms with E-state index in [1.54, 1.807) is 30.3 Å². The number of urea groups is 1. The fraction of sp³-hybridized carbons (Fsp3) is 0.150. The fourth-order valence-corrected chi connectivity index (χ4v) is 3.89. The molecule has 1 spiro atoms. The summed E-state index contributed by atoms with van der Waals surface area (Å²) in [6.07, 6.45) is -1.48. The lowest BCUT2D eigenvalue weighted by atomic mass is 9.92. The van der Waals surface area contributed by atoms with Crippen molar-refractivity contribution in [3.8, 4) is 0 Å². The Kier molecular flexibility index (Phi) is 4.58. The first-order chi connectivity index (χ1) is 14.1. The molecule has 4 rings (SSSR count). The summed E-state index contributed by atoms with van der Waals surface area (Å²) in [7, 11) is 0. The summed E-state index contributed by atoms with van der Waals surface area (Å²) in [6, 6.07) is 9.11. The number of halogens is 4. The van der Waals surface area contributed by atoms with Gasteiger partial charge in [-0.2, -0.15) is 13.2 Å². The first kappa shape index (κ1) is 20.0. The molecule has 0 saturated carbocycles. The van der Waals surface area contributed by atoms with Crippen molar-refractivity contribution in [1.82, 2.24) is 10.6 Å². The molecule has 2 aliphatic heterocycles. The Hall–Kier alpha value is -3.33. The van der Waals surface area contributed by atoms with Crippen molar-refractivity contribution < 1.29 is 27.6 Å². The molecule has 0 radical (unpaired) electrons. The summed E-state index contributed by atoms with van der Waals surface area (Å²) in [5, 5.41) is 4.06. The second-order valence-corrected chi connectivity index (χ2v) is 7.14. The SMILES string of the molecule is O=C1NC(=O)C2(N1)C(=O)N(C/C=C/c1ccc(C(F)(F)F)c(Cl)c1)c1ccccc12. The minimum absolute atomic E-state index is 0.0272. The molecule has 154 valence electrons. The molecule has 1 fully saturated rings. The normalized spacial score (nSPS) is 20.8. The standard InChI is InChI=1S/C20H13ClF3N3O3/c21-14-10-11(7-8-12(14)20(22,23)24)4-3-9-27-15-6-2-1-5-13(15)19(17(27)29)16(28)25-18(30)26-19/h1-8,10H,9H2,(H2,25,26,28,30)/b4-3+. The molecule has 2 heterocycles. The van der Waals surface area contributed by atoms with Crippen molar-refractivity contribution in [2.75, 3.05) is 11.4 Å². The van der Waals surface area contributed by atoms with Gasteiger partial charge in [-0.1, -0.05) is 48.0 Å². The molecule has 2 aromatic rings. The number of para-hydroxylation sites is 1. The molecule has 2 aromatic carbocycles. The van der Waals surface area contributed by atoms with Gasteiger partial charge in [-0.15, -0.1) is 0 Å². The molecule has 0 aliphatic carbocycles. The van der Waals surface area contributed by atoms with E-state index in [2.05, 4.69) is 10.6 Å². The third-order valence-corrected chi connectivity index (χ3v) is 5.24. The number of hydrogen-bond acceptors (Lipinski definition) is 3. The zero-order chi connectivity index (χ0) is 21.7. The number of hydrogen-bond donors (Lipinski definition) is 2. The van der Waals surface area contributed by atoms with Crippen LogP contribution < -0.4 is 15.5 Å². The van der Waals surface area contributed by atoms with Gasteiger partial charge in [0.05, 0.1) is 16.3 Å². The van der Waals surface area contributed by atoms with Crippen molar-refractivity contribution in [3.05, 3.63) is 70.3 Å². The van der Waals surface area contributed by atoms with Crippen molar-refractivity contribution in [2.24, 2.45) is 0 Å². The van der Waals surface area contributed by atoms with Gasteiger partial charge >= 0.3 is 12.2 Å². The summed E-state index contributed by atoms with van der Waals surface area (Å²) >= 11 is 5.72. The van der Waals surface area contributed by atoms with Gasteiger partial charge in [-0.05, 0) is 23.8 Å². The van der Waals surface area contributed by atoms with Crippen molar-refractivity contribution >= 4 is 41.2 Å². The van der Waals surface area contributed by atoms with Gasteiger partial charge in [0.2, 0.25) is 5.54 Å². The average Bonchev–Trinajstić information content (AvgIpc) is 3.10. The summed E-state index contributed by atoms with van der Waals surface area (Å²) < 4.78 is 38.4. The minimum atomic E-state index is -4.55. The summed E-state index contributed by atoms with van der Waals surface area (Å²) in [6.45, 7) is 0.0272. The van der Waals surface area contributed by atoms with Crippen LogP contribution in [-0.4, -0.2) is 24.4 Å². The van der Waals surface area contributed by atoms with Crippen LogP contribution in [0.15, 0.2) is 48.5 Å². The van der Waals surface area contributed by atoms with Crippen molar-refractivity contribution in [2.45, 2.75) is 11.7 Å². The Morgan fingerprint density at radius 3 is 2.47 bits per heavy atom. The number of alkyl halides is 3. The van der Waals surface area contributed by atoms with E-state index >= 15 is 0 Å². The Balaban J connectivity index is 1.60. The molecule has 0 aromatic heterocycles. The van der Waals surface area contributed by atoms with Crippen LogP contribution in [0, 0.1) is 0 Å². The molecule has 10 heteroatoms.